The van der Waals surface area contributed by atoms with E-state index in [0.717, 1.165) is 0 Å². The fraction of sp³-hybridized carbons (Fsp3) is 0.417. The topological polar surface area (TPSA) is 78.8 Å². The number of phenols is 2. The lowest BCUT2D eigenvalue weighted by Gasteiger charge is -2.07. The van der Waals surface area contributed by atoms with E-state index >= 15 is 0 Å². The summed E-state index contributed by atoms with van der Waals surface area (Å²) >= 11 is 0. The maximum absolute atomic E-state index is 11.6. The van der Waals surface area contributed by atoms with Crippen molar-refractivity contribution in [2.75, 3.05) is 19.8 Å². The van der Waals surface area contributed by atoms with Crippen LogP contribution in [-0.4, -0.2) is 35.9 Å². The summed E-state index contributed by atoms with van der Waals surface area (Å²) in [4.78, 5) is 11.6. The normalized spacial score (nSPS) is 10.2. The smallest absolute Gasteiger partial charge is 0.255 e. The molecule has 17 heavy (non-hydrogen) atoms. The largest absolute Gasteiger partial charge is 0.508 e. The van der Waals surface area contributed by atoms with E-state index in [9.17, 15) is 15.0 Å². The number of rotatable bonds is 6. The Morgan fingerprint density at radius 2 is 2.18 bits per heavy atom. The monoisotopic (exact) mass is 239 g/mol. The Morgan fingerprint density at radius 1 is 1.41 bits per heavy atom. The second-order valence-electron chi connectivity index (χ2n) is 3.51. The summed E-state index contributed by atoms with van der Waals surface area (Å²) in [6, 6.07) is 3.83. The van der Waals surface area contributed by atoms with Crippen LogP contribution < -0.4 is 5.32 Å². The highest BCUT2D eigenvalue weighted by Gasteiger charge is 2.10. The van der Waals surface area contributed by atoms with Crippen molar-refractivity contribution < 1.29 is 19.7 Å². The van der Waals surface area contributed by atoms with Gasteiger partial charge in [0.2, 0.25) is 0 Å². The lowest BCUT2D eigenvalue weighted by atomic mass is 10.1. The molecule has 5 heteroatoms. The molecule has 1 amide bonds. The SMILES string of the molecule is CCOCCCNC(=O)c1cc(O)ccc1O. The summed E-state index contributed by atoms with van der Waals surface area (Å²) in [6.45, 7) is 3.61. The molecular weight excluding hydrogens is 222 g/mol. The Morgan fingerprint density at radius 3 is 2.88 bits per heavy atom. The number of carbonyl (C=O) groups is 1. The van der Waals surface area contributed by atoms with Crippen LogP contribution in [0.25, 0.3) is 0 Å². The van der Waals surface area contributed by atoms with Gasteiger partial charge in [-0.3, -0.25) is 4.79 Å². The molecule has 1 rings (SSSR count). The molecule has 0 fully saturated rings. The van der Waals surface area contributed by atoms with Gasteiger partial charge in [-0.1, -0.05) is 0 Å². The molecule has 0 radical (unpaired) electrons. The minimum Gasteiger partial charge on any atom is -0.508 e. The fourth-order valence-electron chi connectivity index (χ4n) is 1.32. The number of amides is 1. The van der Waals surface area contributed by atoms with Gasteiger partial charge in [-0.25, -0.2) is 0 Å². The third kappa shape index (κ3) is 4.32. The molecule has 0 spiro atoms. The summed E-state index contributed by atoms with van der Waals surface area (Å²) in [6.07, 6.45) is 0.707. The maximum Gasteiger partial charge on any atom is 0.255 e. The standard InChI is InChI=1S/C12H17NO4/c1-2-17-7-3-6-13-12(16)10-8-9(14)4-5-11(10)15/h4-5,8,14-15H,2-3,6-7H2,1H3,(H,13,16). The van der Waals surface area contributed by atoms with E-state index < -0.39 is 5.91 Å². The van der Waals surface area contributed by atoms with Crippen LogP contribution in [0, 0.1) is 0 Å². The summed E-state index contributed by atoms with van der Waals surface area (Å²) in [5.74, 6) is -0.609. The van der Waals surface area contributed by atoms with Gasteiger partial charge in [-0.05, 0) is 31.5 Å². The van der Waals surface area contributed by atoms with E-state index in [1.807, 2.05) is 6.92 Å². The molecule has 0 aliphatic rings. The molecule has 0 bridgehead atoms. The summed E-state index contributed by atoms with van der Waals surface area (Å²) in [5, 5.41) is 21.3. The fourth-order valence-corrected chi connectivity index (χ4v) is 1.32. The lowest BCUT2D eigenvalue weighted by molar-refractivity contribution is 0.0941. The van der Waals surface area contributed by atoms with Crippen LogP contribution in [0.1, 0.15) is 23.7 Å². The molecule has 0 unspecified atom stereocenters. The van der Waals surface area contributed by atoms with Gasteiger partial charge in [0.05, 0.1) is 5.56 Å². The minimum atomic E-state index is -0.408. The highest BCUT2D eigenvalue weighted by molar-refractivity contribution is 5.97. The molecular formula is C12H17NO4. The van der Waals surface area contributed by atoms with Crippen LogP contribution >= 0.6 is 0 Å². The van der Waals surface area contributed by atoms with Crippen LogP contribution in [-0.2, 0) is 4.74 Å². The molecule has 0 aliphatic heterocycles. The summed E-state index contributed by atoms with van der Waals surface area (Å²) in [5.41, 5.74) is 0.0707. The Kier molecular flexibility index (Phi) is 5.29. The molecule has 0 saturated heterocycles. The molecule has 3 N–H and O–H groups in total. The van der Waals surface area contributed by atoms with Crippen LogP contribution in [0.3, 0.4) is 0 Å². The zero-order valence-corrected chi connectivity index (χ0v) is 9.77. The van der Waals surface area contributed by atoms with Gasteiger partial charge in [0.25, 0.3) is 5.91 Å². The molecule has 0 saturated carbocycles. The van der Waals surface area contributed by atoms with Gasteiger partial charge in [-0.15, -0.1) is 0 Å². The van der Waals surface area contributed by atoms with Gasteiger partial charge >= 0.3 is 0 Å². The highest BCUT2D eigenvalue weighted by Crippen LogP contribution is 2.21. The summed E-state index contributed by atoms with van der Waals surface area (Å²) < 4.78 is 5.12. The van der Waals surface area contributed by atoms with E-state index in [1.165, 1.54) is 18.2 Å². The zero-order chi connectivity index (χ0) is 12.7. The number of benzene rings is 1. The molecule has 0 atom stereocenters. The van der Waals surface area contributed by atoms with Crippen molar-refractivity contribution in [3.63, 3.8) is 0 Å². The van der Waals surface area contributed by atoms with Crippen molar-refractivity contribution in [3.8, 4) is 11.5 Å². The van der Waals surface area contributed by atoms with E-state index in [1.54, 1.807) is 0 Å². The van der Waals surface area contributed by atoms with Crippen LogP contribution in [0.15, 0.2) is 18.2 Å². The van der Waals surface area contributed by atoms with Gasteiger partial charge in [-0.2, -0.15) is 0 Å². The molecule has 0 aromatic heterocycles. The number of carbonyl (C=O) groups excluding carboxylic acids is 1. The maximum atomic E-state index is 11.6. The van der Waals surface area contributed by atoms with Gasteiger partial charge < -0.3 is 20.3 Å². The van der Waals surface area contributed by atoms with Gasteiger partial charge in [0, 0.05) is 19.8 Å². The van der Waals surface area contributed by atoms with Crippen molar-refractivity contribution >= 4 is 5.91 Å². The van der Waals surface area contributed by atoms with E-state index in [4.69, 9.17) is 4.74 Å². The zero-order valence-electron chi connectivity index (χ0n) is 9.77. The number of aromatic hydroxyl groups is 2. The summed E-state index contributed by atoms with van der Waals surface area (Å²) in [7, 11) is 0. The molecule has 0 heterocycles. The van der Waals surface area contributed by atoms with Crippen molar-refractivity contribution in [1.29, 1.82) is 0 Å². The first-order valence-corrected chi connectivity index (χ1v) is 5.53. The number of hydrogen-bond acceptors (Lipinski definition) is 4. The second-order valence-corrected chi connectivity index (χ2v) is 3.51. The lowest BCUT2D eigenvalue weighted by Crippen LogP contribution is -2.25. The first-order valence-electron chi connectivity index (χ1n) is 5.53. The van der Waals surface area contributed by atoms with E-state index in [0.29, 0.717) is 26.2 Å². The van der Waals surface area contributed by atoms with Gasteiger partial charge in [0.15, 0.2) is 0 Å². The first kappa shape index (κ1) is 13.3. The predicted molar refractivity (Wildman–Crippen MR) is 63.2 cm³/mol. The first-order chi connectivity index (χ1) is 8.15. The number of hydrogen-bond donors (Lipinski definition) is 3. The number of ether oxygens (including phenoxy) is 1. The van der Waals surface area contributed by atoms with Crippen molar-refractivity contribution in [1.82, 2.24) is 5.32 Å². The van der Waals surface area contributed by atoms with Crippen LogP contribution in [0.4, 0.5) is 0 Å². The van der Waals surface area contributed by atoms with Crippen molar-refractivity contribution in [3.05, 3.63) is 23.8 Å². The Hall–Kier alpha value is -1.75. The molecule has 94 valence electrons. The minimum absolute atomic E-state index is 0.0535. The Balaban J connectivity index is 2.44. The van der Waals surface area contributed by atoms with E-state index in [-0.39, 0.29) is 17.1 Å². The van der Waals surface area contributed by atoms with E-state index in [2.05, 4.69) is 5.32 Å². The Bertz CT molecular complexity index is 379. The third-order valence-electron chi connectivity index (χ3n) is 2.18. The number of phenolic OH excluding ortho intramolecular Hbond substituents is 2. The quantitative estimate of drug-likeness (QED) is 0.515. The molecule has 1 aromatic rings. The van der Waals surface area contributed by atoms with Crippen LogP contribution in [0.5, 0.6) is 11.5 Å². The van der Waals surface area contributed by atoms with Gasteiger partial charge in [0.1, 0.15) is 11.5 Å². The average molecular weight is 239 g/mol. The van der Waals surface area contributed by atoms with Crippen LogP contribution in [0.2, 0.25) is 0 Å². The second kappa shape index (κ2) is 6.75. The third-order valence-corrected chi connectivity index (χ3v) is 2.18. The van der Waals surface area contributed by atoms with Crippen molar-refractivity contribution in [2.24, 2.45) is 0 Å². The predicted octanol–water partition coefficient (Wildman–Crippen LogP) is 1.25. The Labute approximate surface area is 100 Å². The molecule has 5 nitrogen and oxygen atoms in total. The highest BCUT2D eigenvalue weighted by atomic mass is 16.5. The van der Waals surface area contributed by atoms with Crippen molar-refractivity contribution in [2.45, 2.75) is 13.3 Å². The number of nitrogens with one attached hydrogen (secondary N) is 1. The molecule has 1 aromatic carbocycles. The average Bonchev–Trinajstić information content (AvgIpc) is 2.32. The molecule has 0 aliphatic carbocycles.